The predicted octanol–water partition coefficient (Wildman–Crippen LogP) is 3.17. The highest BCUT2D eigenvalue weighted by atomic mass is 79.9. The number of nitrogens with zero attached hydrogens (tertiary/aromatic N) is 1. The summed E-state index contributed by atoms with van der Waals surface area (Å²) in [5.41, 5.74) is 0.843. The third-order valence-corrected chi connectivity index (χ3v) is 5.44. The monoisotopic (exact) mass is 400 g/mol. The van der Waals surface area contributed by atoms with Crippen LogP contribution >= 0.6 is 15.9 Å². The topological polar surface area (TPSA) is 49.4 Å². The Bertz CT molecular complexity index is 747. The van der Waals surface area contributed by atoms with Gasteiger partial charge in [-0.05, 0) is 56.1 Å². The molecule has 0 saturated carbocycles. The van der Waals surface area contributed by atoms with E-state index in [2.05, 4.69) is 20.7 Å². The number of rotatable bonds is 6. The Morgan fingerprint density at radius 3 is 2.17 bits per heavy atom. The zero-order valence-electron chi connectivity index (χ0n) is 12.8. The van der Waals surface area contributed by atoms with Gasteiger partial charge < -0.3 is 4.90 Å². The summed E-state index contributed by atoms with van der Waals surface area (Å²) in [6.45, 7) is 0.191. The highest BCUT2D eigenvalue weighted by Crippen LogP contribution is 2.19. The van der Waals surface area contributed by atoms with E-state index < -0.39 is 10.0 Å². The average Bonchev–Trinajstić information content (AvgIpc) is 2.49. The molecule has 1 N–H and O–H groups in total. The molecule has 2 aromatic rings. The van der Waals surface area contributed by atoms with Crippen molar-refractivity contribution in [1.82, 2.24) is 9.62 Å². The van der Waals surface area contributed by atoms with Crippen LogP contribution in [0.2, 0.25) is 0 Å². The van der Waals surface area contributed by atoms with Gasteiger partial charge in [0.05, 0.1) is 4.90 Å². The molecule has 1 atom stereocenters. The molecule has 0 aliphatic heterocycles. The van der Waals surface area contributed by atoms with Crippen molar-refractivity contribution >= 4 is 26.0 Å². The predicted molar refractivity (Wildman–Crippen MR) is 92.2 cm³/mol. The first kappa shape index (κ1) is 18.1. The summed E-state index contributed by atoms with van der Waals surface area (Å²) in [7, 11) is 0.105. The molecule has 0 aromatic heterocycles. The fourth-order valence-electron chi connectivity index (χ4n) is 2.17. The fraction of sp³-hybridized carbons (Fsp3) is 0.250. The van der Waals surface area contributed by atoms with Crippen molar-refractivity contribution in [3.63, 3.8) is 0 Å². The smallest absolute Gasteiger partial charge is 0.240 e. The van der Waals surface area contributed by atoms with Crippen molar-refractivity contribution in [2.24, 2.45) is 0 Å². The zero-order valence-corrected chi connectivity index (χ0v) is 15.2. The van der Waals surface area contributed by atoms with Gasteiger partial charge in [-0.2, -0.15) is 0 Å². The lowest BCUT2D eigenvalue weighted by atomic mass is 10.1. The van der Waals surface area contributed by atoms with Crippen LogP contribution in [0, 0.1) is 5.82 Å². The van der Waals surface area contributed by atoms with E-state index in [0.29, 0.717) is 0 Å². The Labute approximate surface area is 144 Å². The number of hydrogen-bond donors (Lipinski definition) is 1. The molecule has 0 aliphatic rings. The molecular weight excluding hydrogens is 383 g/mol. The second-order valence-electron chi connectivity index (χ2n) is 5.34. The van der Waals surface area contributed by atoms with Gasteiger partial charge in [-0.1, -0.05) is 28.1 Å². The van der Waals surface area contributed by atoms with E-state index in [4.69, 9.17) is 0 Å². The molecule has 124 valence electrons. The summed E-state index contributed by atoms with van der Waals surface area (Å²) in [6.07, 6.45) is 0. The molecule has 0 bridgehead atoms. The molecule has 2 aromatic carbocycles. The maximum atomic E-state index is 13.1. The number of likely N-dealkylation sites (N-methyl/N-ethyl adjacent to an activating group) is 1. The van der Waals surface area contributed by atoms with Crippen LogP contribution in [-0.4, -0.2) is 34.0 Å². The highest BCUT2D eigenvalue weighted by Gasteiger charge is 2.19. The minimum Gasteiger partial charge on any atom is -0.301 e. The summed E-state index contributed by atoms with van der Waals surface area (Å²) < 4.78 is 41.2. The van der Waals surface area contributed by atoms with Crippen molar-refractivity contribution in [3.8, 4) is 0 Å². The third-order valence-electron chi connectivity index (χ3n) is 3.47. The molecule has 1 unspecified atom stereocenters. The molecule has 0 fully saturated rings. The Hall–Kier alpha value is -1.28. The summed E-state index contributed by atoms with van der Waals surface area (Å²) in [6, 6.07) is 12.3. The maximum Gasteiger partial charge on any atom is 0.240 e. The van der Waals surface area contributed by atoms with Crippen molar-refractivity contribution in [2.45, 2.75) is 10.9 Å². The van der Waals surface area contributed by atoms with Gasteiger partial charge in [0.25, 0.3) is 0 Å². The van der Waals surface area contributed by atoms with Gasteiger partial charge in [-0.25, -0.2) is 17.5 Å². The SMILES string of the molecule is CN(C)C(CNS(=O)(=O)c1ccc(Br)cc1)c1ccc(F)cc1. The van der Waals surface area contributed by atoms with Crippen molar-refractivity contribution < 1.29 is 12.8 Å². The molecule has 0 aliphatic carbocycles. The van der Waals surface area contributed by atoms with Gasteiger partial charge in [0.1, 0.15) is 5.82 Å². The molecule has 7 heteroatoms. The van der Waals surface area contributed by atoms with E-state index in [1.54, 1.807) is 24.3 Å². The second kappa shape index (κ2) is 7.53. The molecule has 0 radical (unpaired) electrons. The molecule has 0 spiro atoms. The number of benzene rings is 2. The van der Waals surface area contributed by atoms with Crippen LogP contribution in [0.15, 0.2) is 57.9 Å². The summed E-state index contributed by atoms with van der Waals surface area (Å²) in [4.78, 5) is 2.09. The van der Waals surface area contributed by atoms with Crippen molar-refractivity contribution in [2.75, 3.05) is 20.6 Å². The Morgan fingerprint density at radius 2 is 1.65 bits per heavy atom. The van der Waals surface area contributed by atoms with Crippen LogP contribution in [-0.2, 0) is 10.0 Å². The van der Waals surface area contributed by atoms with Crippen LogP contribution in [0.25, 0.3) is 0 Å². The van der Waals surface area contributed by atoms with E-state index in [9.17, 15) is 12.8 Å². The fourth-order valence-corrected chi connectivity index (χ4v) is 3.47. The zero-order chi connectivity index (χ0) is 17.0. The van der Waals surface area contributed by atoms with Gasteiger partial charge in [-0.15, -0.1) is 0 Å². The Kier molecular flexibility index (Phi) is 5.91. The molecule has 0 heterocycles. The van der Waals surface area contributed by atoms with E-state index in [1.807, 2.05) is 19.0 Å². The van der Waals surface area contributed by atoms with Crippen molar-refractivity contribution in [1.29, 1.82) is 0 Å². The van der Waals surface area contributed by atoms with Gasteiger partial charge in [0.2, 0.25) is 10.0 Å². The van der Waals surface area contributed by atoms with Gasteiger partial charge in [0.15, 0.2) is 0 Å². The molecule has 0 amide bonds. The van der Waals surface area contributed by atoms with Crippen LogP contribution in [0.3, 0.4) is 0 Å². The second-order valence-corrected chi connectivity index (χ2v) is 8.02. The molecule has 0 saturated heterocycles. The highest BCUT2D eigenvalue weighted by molar-refractivity contribution is 9.10. The maximum absolute atomic E-state index is 13.1. The lowest BCUT2D eigenvalue weighted by Crippen LogP contribution is -2.34. The number of sulfonamides is 1. The molecular formula is C16H18BrFN2O2S. The van der Waals surface area contributed by atoms with E-state index in [0.717, 1.165) is 10.0 Å². The van der Waals surface area contributed by atoms with Crippen LogP contribution in [0.1, 0.15) is 11.6 Å². The Balaban J connectivity index is 2.15. The van der Waals surface area contributed by atoms with Gasteiger partial charge in [-0.3, -0.25) is 0 Å². The molecule has 23 heavy (non-hydrogen) atoms. The summed E-state index contributed by atoms with van der Waals surface area (Å²) in [5.74, 6) is -0.318. The van der Waals surface area contributed by atoms with Crippen LogP contribution in [0.5, 0.6) is 0 Å². The quantitative estimate of drug-likeness (QED) is 0.809. The molecule has 4 nitrogen and oxygen atoms in total. The largest absolute Gasteiger partial charge is 0.301 e. The number of hydrogen-bond acceptors (Lipinski definition) is 3. The summed E-state index contributed by atoms with van der Waals surface area (Å²) in [5, 5.41) is 0. The summed E-state index contributed by atoms with van der Waals surface area (Å²) >= 11 is 3.28. The Morgan fingerprint density at radius 1 is 1.09 bits per heavy atom. The first-order valence-corrected chi connectivity index (χ1v) is 9.24. The molecule has 2 rings (SSSR count). The standard InChI is InChI=1S/C16H18BrFN2O2S/c1-20(2)16(12-3-7-14(18)8-4-12)11-19-23(21,22)15-9-5-13(17)6-10-15/h3-10,16,19H,11H2,1-2H3. The van der Waals surface area contributed by atoms with Crippen LogP contribution in [0.4, 0.5) is 4.39 Å². The van der Waals surface area contributed by atoms with Crippen molar-refractivity contribution in [3.05, 3.63) is 64.4 Å². The first-order chi connectivity index (χ1) is 10.8. The van der Waals surface area contributed by atoms with E-state index in [-0.39, 0.29) is 23.3 Å². The lowest BCUT2D eigenvalue weighted by Gasteiger charge is -2.25. The van der Waals surface area contributed by atoms with Gasteiger partial charge >= 0.3 is 0 Å². The minimum atomic E-state index is -3.59. The normalized spacial score (nSPS) is 13.3. The number of nitrogens with one attached hydrogen (secondary N) is 1. The first-order valence-electron chi connectivity index (χ1n) is 6.97. The number of halogens is 2. The van der Waals surface area contributed by atoms with Gasteiger partial charge in [0, 0.05) is 17.1 Å². The lowest BCUT2D eigenvalue weighted by molar-refractivity contribution is 0.299. The average molecular weight is 401 g/mol. The third kappa shape index (κ3) is 4.84. The van der Waals surface area contributed by atoms with Crippen LogP contribution < -0.4 is 4.72 Å². The van der Waals surface area contributed by atoms with E-state index in [1.165, 1.54) is 24.3 Å². The minimum absolute atomic E-state index is 0.191. The van der Waals surface area contributed by atoms with E-state index >= 15 is 0 Å².